The van der Waals surface area contributed by atoms with E-state index in [0.29, 0.717) is 0 Å². The SMILES string of the molecule is CCN1CCC(CNC2CC(C)N(C)C2)CC1. The average molecular weight is 239 g/mol. The fourth-order valence-electron chi connectivity index (χ4n) is 3.18. The molecule has 0 aromatic heterocycles. The Morgan fingerprint density at radius 2 is 1.94 bits per heavy atom. The summed E-state index contributed by atoms with van der Waals surface area (Å²) in [6, 6.07) is 1.49. The van der Waals surface area contributed by atoms with Crippen LogP contribution in [0.15, 0.2) is 0 Å². The zero-order chi connectivity index (χ0) is 12.3. The van der Waals surface area contributed by atoms with Crippen LogP contribution in [0.2, 0.25) is 0 Å². The monoisotopic (exact) mass is 239 g/mol. The van der Waals surface area contributed by atoms with Crippen molar-refractivity contribution >= 4 is 0 Å². The second-order valence-electron chi connectivity index (χ2n) is 6.01. The Morgan fingerprint density at radius 1 is 1.24 bits per heavy atom. The largest absolute Gasteiger partial charge is 0.312 e. The van der Waals surface area contributed by atoms with E-state index in [4.69, 9.17) is 0 Å². The minimum Gasteiger partial charge on any atom is -0.312 e. The molecule has 17 heavy (non-hydrogen) atoms. The van der Waals surface area contributed by atoms with Gasteiger partial charge in [0.1, 0.15) is 0 Å². The van der Waals surface area contributed by atoms with Gasteiger partial charge in [-0.05, 0) is 65.3 Å². The molecule has 3 nitrogen and oxygen atoms in total. The summed E-state index contributed by atoms with van der Waals surface area (Å²) in [7, 11) is 2.24. The van der Waals surface area contributed by atoms with Crippen LogP contribution in [-0.4, -0.2) is 61.7 Å². The van der Waals surface area contributed by atoms with Crippen molar-refractivity contribution in [1.82, 2.24) is 15.1 Å². The molecule has 100 valence electrons. The molecule has 1 N–H and O–H groups in total. The van der Waals surface area contributed by atoms with Gasteiger partial charge in [0.25, 0.3) is 0 Å². The van der Waals surface area contributed by atoms with Gasteiger partial charge in [-0.25, -0.2) is 0 Å². The Morgan fingerprint density at radius 3 is 2.47 bits per heavy atom. The minimum absolute atomic E-state index is 0.735. The lowest BCUT2D eigenvalue weighted by Crippen LogP contribution is -2.40. The molecule has 0 aliphatic carbocycles. The Hall–Kier alpha value is -0.120. The molecule has 2 rings (SSSR count). The van der Waals surface area contributed by atoms with E-state index in [1.54, 1.807) is 0 Å². The summed E-state index contributed by atoms with van der Waals surface area (Å²) >= 11 is 0. The Bertz CT molecular complexity index is 214. The molecule has 2 atom stereocenters. The van der Waals surface area contributed by atoms with Crippen molar-refractivity contribution in [2.75, 3.05) is 39.8 Å². The maximum atomic E-state index is 3.78. The first kappa shape index (κ1) is 13.3. The van der Waals surface area contributed by atoms with Gasteiger partial charge in [-0.1, -0.05) is 6.92 Å². The van der Waals surface area contributed by atoms with Gasteiger partial charge in [0.05, 0.1) is 0 Å². The standard InChI is InChI=1S/C14H29N3/c1-4-17-7-5-13(6-8-17)10-15-14-9-12(2)16(3)11-14/h12-15H,4-11H2,1-3H3. The number of hydrogen-bond acceptors (Lipinski definition) is 3. The Labute approximate surface area is 107 Å². The van der Waals surface area contributed by atoms with Crippen LogP contribution in [0.4, 0.5) is 0 Å². The van der Waals surface area contributed by atoms with E-state index in [-0.39, 0.29) is 0 Å². The van der Waals surface area contributed by atoms with Gasteiger partial charge in [0.2, 0.25) is 0 Å². The van der Waals surface area contributed by atoms with Gasteiger partial charge >= 0.3 is 0 Å². The Kier molecular flexibility index (Phi) is 4.83. The van der Waals surface area contributed by atoms with E-state index in [1.165, 1.54) is 52.0 Å². The zero-order valence-corrected chi connectivity index (χ0v) is 11.8. The average Bonchev–Trinajstić information content (AvgIpc) is 2.67. The predicted molar refractivity (Wildman–Crippen MR) is 73.3 cm³/mol. The number of nitrogens with zero attached hydrogens (tertiary/aromatic N) is 2. The van der Waals surface area contributed by atoms with Gasteiger partial charge in [0, 0.05) is 18.6 Å². The maximum absolute atomic E-state index is 3.78. The predicted octanol–water partition coefficient (Wildman–Crippen LogP) is 1.40. The van der Waals surface area contributed by atoms with E-state index in [2.05, 4.69) is 36.0 Å². The van der Waals surface area contributed by atoms with Crippen molar-refractivity contribution in [3.05, 3.63) is 0 Å². The molecule has 2 aliphatic rings. The number of piperidine rings is 1. The van der Waals surface area contributed by atoms with Crippen molar-refractivity contribution in [2.24, 2.45) is 5.92 Å². The highest BCUT2D eigenvalue weighted by Crippen LogP contribution is 2.18. The molecule has 0 spiro atoms. The van der Waals surface area contributed by atoms with Gasteiger partial charge in [-0.3, -0.25) is 0 Å². The van der Waals surface area contributed by atoms with Crippen molar-refractivity contribution < 1.29 is 0 Å². The lowest BCUT2D eigenvalue weighted by atomic mass is 9.96. The molecular weight excluding hydrogens is 210 g/mol. The van der Waals surface area contributed by atoms with Crippen molar-refractivity contribution in [3.8, 4) is 0 Å². The lowest BCUT2D eigenvalue weighted by molar-refractivity contribution is 0.187. The smallest absolute Gasteiger partial charge is 0.0209 e. The molecule has 0 aromatic carbocycles. The van der Waals surface area contributed by atoms with Gasteiger partial charge in [0.15, 0.2) is 0 Å². The molecule has 2 unspecified atom stereocenters. The summed E-state index contributed by atoms with van der Waals surface area (Å²) in [5.41, 5.74) is 0. The van der Waals surface area contributed by atoms with E-state index in [9.17, 15) is 0 Å². The first-order chi connectivity index (χ1) is 8.19. The van der Waals surface area contributed by atoms with Crippen LogP contribution in [0.3, 0.4) is 0 Å². The van der Waals surface area contributed by atoms with Crippen LogP contribution >= 0.6 is 0 Å². The summed E-state index contributed by atoms with van der Waals surface area (Å²) in [5, 5.41) is 3.78. The molecule has 2 aliphatic heterocycles. The van der Waals surface area contributed by atoms with Crippen molar-refractivity contribution in [2.45, 2.75) is 45.2 Å². The van der Waals surface area contributed by atoms with E-state index >= 15 is 0 Å². The van der Waals surface area contributed by atoms with Crippen LogP contribution in [0.5, 0.6) is 0 Å². The zero-order valence-electron chi connectivity index (χ0n) is 11.8. The van der Waals surface area contributed by atoms with Crippen molar-refractivity contribution in [1.29, 1.82) is 0 Å². The molecule has 0 radical (unpaired) electrons. The highest BCUT2D eigenvalue weighted by Gasteiger charge is 2.26. The quantitative estimate of drug-likeness (QED) is 0.800. The molecule has 2 heterocycles. The summed E-state index contributed by atoms with van der Waals surface area (Å²) in [6.45, 7) is 10.9. The summed E-state index contributed by atoms with van der Waals surface area (Å²) in [6.07, 6.45) is 4.10. The number of nitrogens with one attached hydrogen (secondary N) is 1. The third-order valence-corrected chi connectivity index (χ3v) is 4.74. The fraction of sp³-hybridized carbons (Fsp3) is 1.00. The summed E-state index contributed by atoms with van der Waals surface area (Å²) < 4.78 is 0. The highest BCUT2D eigenvalue weighted by molar-refractivity contribution is 4.86. The Balaban J connectivity index is 1.63. The van der Waals surface area contributed by atoms with E-state index in [0.717, 1.165) is 18.0 Å². The first-order valence-electron chi connectivity index (χ1n) is 7.35. The third-order valence-electron chi connectivity index (χ3n) is 4.74. The van der Waals surface area contributed by atoms with Crippen LogP contribution in [0, 0.1) is 5.92 Å². The second-order valence-corrected chi connectivity index (χ2v) is 6.01. The molecular formula is C14H29N3. The number of likely N-dealkylation sites (tertiary alicyclic amines) is 2. The van der Waals surface area contributed by atoms with Crippen LogP contribution in [-0.2, 0) is 0 Å². The molecule has 0 aromatic rings. The molecule has 3 heteroatoms. The second kappa shape index (κ2) is 6.17. The summed E-state index contributed by atoms with van der Waals surface area (Å²) in [5.74, 6) is 0.916. The minimum atomic E-state index is 0.735. The van der Waals surface area contributed by atoms with Crippen LogP contribution in [0.1, 0.15) is 33.1 Å². The van der Waals surface area contributed by atoms with Gasteiger partial charge in [-0.2, -0.15) is 0 Å². The fourth-order valence-corrected chi connectivity index (χ4v) is 3.18. The molecule has 0 bridgehead atoms. The third kappa shape index (κ3) is 3.67. The van der Waals surface area contributed by atoms with Crippen LogP contribution < -0.4 is 5.32 Å². The van der Waals surface area contributed by atoms with E-state index in [1.807, 2.05) is 0 Å². The highest BCUT2D eigenvalue weighted by atomic mass is 15.2. The van der Waals surface area contributed by atoms with Crippen LogP contribution in [0.25, 0.3) is 0 Å². The molecule has 2 saturated heterocycles. The normalized spacial score (nSPS) is 33.4. The first-order valence-corrected chi connectivity index (χ1v) is 7.35. The van der Waals surface area contributed by atoms with Gasteiger partial charge in [-0.15, -0.1) is 0 Å². The molecule has 0 saturated carbocycles. The lowest BCUT2D eigenvalue weighted by Gasteiger charge is -2.31. The topological polar surface area (TPSA) is 18.5 Å². The number of rotatable bonds is 4. The summed E-state index contributed by atoms with van der Waals surface area (Å²) in [4.78, 5) is 5.04. The molecule has 0 amide bonds. The maximum Gasteiger partial charge on any atom is 0.0209 e. The molecule has 2 fully saturated rings. The number of likely N-dealkylation sites (N-methyl/N-ethyl adjacent to an activating group) is 1. The van der Waals surface area contributed by atoms with Crippen molar-refractivity contribution in [3.63, 3.8) is 0 Å². The number of hydrogen-bond donors (Lipinski definition) is 1. The van der Waals surface area contributed by atoms with E-state index < -0.39 is 0 Å². The van der Waals surface area contributed by atoms with Gasteiger partial charge < -0.3 is 15.1 Å².